The maximum atomic E-state index is 4.69. The first-order valence-corrected chi connectivity index (χ1v) is 4.28. The molecule has 0 unspecified atom stereocenters. The third kappa shape index (κ3) is 1.86. The molecule has 1 rings (SSSR count). The van der Waals surface area contributed by atoms with Gasteiger partial charge in [0, 0.05) is 25.2 Å². The first-order chi connectivity index (χ1) is 4.84. The van der Waals surface area contributed by atoms with Gasteiger partial charge in [-0.1, -0.05) is 16.7 Å². The highest BCUT2D eigenvalue weighted by molar-refractivity contribution is 7.98. The minimum absolute atomic E-state index is 0.842. The van der Waals surface area contributed by atoms with Crippen molar-refractivity contribution >= 4 is 29.5 Å². The first kappa shape index (κ1) is 7.84. The van der Waals surface area contributed by atoms with Gasteiger partial charge in [0.05, 0.1) is 0 Å². The van der Waals surface area contributed by atoms with Crippen molar-refractivity contribution in [3.05, 3.63) is 12.4 Å². The zero-order chi connectivity index (χ0) is 7.40. The Morgan fingerprint density at radius 3 is 3.10 bits per heavy atom. The van der Waals surface area contributed by atoms with Gasteiger partial charge in [-0.3, -0.25) is 10.4 Å². The fourth-order valence-electron chi connectivity index (χ4n) is 0.586. The van der Waals surface area contributed by atoms with Crippen LogP contribution in [0.3, 0.4) is 0 Å². The quantitative estimate of drug-likeness (QED) is 0.503. The normalized spacial score (nSPS) is 17.5. The molecule has 5 heteroatoms. The lowest BCUT2D eigenvalue weighted by Gasteiger charge is -2.21. The number of hydrazine groups is 2. The molecular formula is C5H9N3S2. The molecular weight excluding hydrogens is 166 g/mol. The van der Waals surface area contributed by atoms with E-state index in [4.69, 9.17) is 0 Å². The maximum Gasteiger partial charge on any atom is 0.0402 e. The first-order valence-electron chi connectivity index (χ1n) is 2.87. The molecule has 1 aliphatic heterocycles. The highest BCUT2D eigenvalue weighted by Gasteiger charge is 2.09. The van der Waals surface area contributed by atoms with Crippen molar-refractivity contribution in [2.24, 2.45) is 0 Å². The largest absolute Gasteiger partial charge is 0.297 e. The summed E-state index contributed by atoms with van der Waals surface area (Å²) in [6, 6.07) is 0. The van der Waals surface area contributed by atoms with E-state index in [9.17, 15) is 0 Å². The number of rotatable bonds is 3. The molecule has 10 heavy (non-hydrogen) atoms. The summed E-state index contributed by atoms with van der Waals surface area (Å²) >= 11 is 6.30. The summed E-state index contributed by atoms with van der Waals surface area (Å²) in [5.74, 6) is 0.842. The van der Waals surface area contributed by atoms with Gasteiger partial charge in [0.1, 0.15) is 0 Å². The van der Waals surface area contributed by atoms with Crippen molar-refractivity contribution in [2.45, 2.75) is 0 Å². The molecule has 0 spiro atoms. The third-order valence-corrected chi connectivity index (χ3v) is 2.33. The minimum atomic E-state index is 0.842. The molecule has 1 N–H and O–H groups in total. The lowest BCUT2D eigenvalue weighted by Crippen LogP contribution is -2.33. The molecule has 0 radical (unpaired) electrons. The van der Waals surface area contributed by atoms with Crippen molar-refractivity contribution in [2.75, 3.05) is 12.8 Å². The van der Waals surface area contributed by atoms with Crippen molar-refractivity contribution in [3.8, 4) is 0 Å². The van der Waals surface area contributed by atoms with Crippen molar-refractivity contribution in [1.29, 1.82) is 0 Å². The Labute approximate surface area is 70.1 Å². The van der Waals surface area contributed by atoms with Gasteiger partial charge in [0.2, 0.25) is 0 Å². The second-order valence-corrected chi connectivity index (χ2v) is 3.02. The summed E-state index contributed by atoms with van der Waals surface area (Å²) < 4.78 is 1.91. The molecule has 0 aromatic rings. The van der Waals surface area contributed by atoms with Crippen LogP contribution in [0.5, 0.6) is 0 Å². The van der Waals surface area contributed by atoms with E-state index in [1.165, 1.54) is 0 Å². The van der Waals surface area contributed by atoms with Gasteiger partial charge in [-0.25, -0.2) is 0 Å². The smallest absolute Gasteiger partial charge is 0.0402 e. The van der Waals surface area contributed by atoms with Crippen LogP contribution in [0.4, 0.5) is 0 Å². The van der Waals surface area contributed by atoms with Gasteiger partial charge >= 0.3 is 0 Å². The number of thiocarbonyl (C=S) groups is 1. The third-order valence-electron chi connectivity index (χ3n) is 1.03. The van der Waals surface area contributed by atoms with Crippen LogP contribution in [0, 0.1) is 0 Å². The molecule has 1 heterocycles. The van der Waals surface area contributed by atoms with Crippen molar-refractivity contribution < 1.29 is 0 Å². The fraction of sp³-hybridized carbons (Fsp3) is 0.400. The van der Waals surface area contributed by atoms with E-state index in [1.807, 2.05) is 29.0 Å². The van der Waals surface area contributed by atoms with Crippen LogP contribution in [0.15, 0.2) is 12.4 Å². The Morgan fingerprint density at radius 2 is 2.60 bits per heavy atom. The number of nitrogens with zero attached hydrogens (tertiary/aromatic N) is 2. The molecule has 0 aliphatic carbocycles. The Kier molecular flexibility index (Phi) is 2.98. The SMILES string of the molecule is CN1C=CNN1SCC=S. The monoisotopic (exact) mass is 175 g/mol. The minimum Gasteiger partial charge on any atom is -0.297 e. The average molecular weight is 175 g/mol. The van der Waals surface area contributed by atoms with Crippen molar-refractivity contribution in [3.63, 3.8) is 0 Å². The lowest BCUT2D eigenvalue weighted by molar-refractivity contribution is 0.163. The van der Waals surface area contributed by atoms with Crippen LogP contribution in [0.2, 0.25) is 0 Å². The van der Waals surface area contributed by atoms with E-state index >= 15 is 0 Å². The van der Waals surface area contributed by atoms with E-state index in [1.54, 1.807) is 17.3 Å². The predicted octanol–water partition coefficient (Wildman–Crippen LogP) is 0.772. The molecule has 3 nitrogen and oxygen atoms in total. The van der Waals surface area contributed by atoms with Gasteiger partial charge in [0.25, 0.3) is 0 Å². The molecule has 0 amide bonds. The van der Waals surface area contributed by atoms with Crippen LogP contribution in [-0.2, 0) is 0 Å². The molecule has 0 bridgehead atoms. The highest BCUT2D eigenvalue weighted by Crippen LogP contribution is 2.11. The molecule has 56 valence electrons. The molecule has 0 saturated heterocycles. The van der Waals surface area contributed by atoms with E-state index < -0.39 is 0 Å². The summed E-state index contributed by atoms with van der Waals surface area (Å²) in [5.41, 5.74) is 3.02. The Morgan fingerprint density at radius 1 is 1.80 bits per heavy atom. The number of hydrogen-bond donors (Lipinski definition) is 1. The second kappa shape index (κ2) is 3.80. The molecule has 0 fully saturated rings. The van der Waals surface area contributed by atoms with E-state index in [-0.39, 0.29) is 0 Å². The van der Waals surface area contributed by atoms with Crippen molar-refractivity contribution in [1.82, 2.24) is 15.0 Å². The Balaban J connectivity index is 2.23. The Hall–Kier alpha value is -0.260. The van der Waals surface area contributed by atoms with Crippen LogP contribution in [-0.4, -0.2) is 27.7 Å². The molecule has 0 aromatic heterocycles. The van der Waals surface area contributed by atoms with Crippen LogP contribution >= 0.6 is 24.2 Å². The van der Waals surface area contributed by atoms with E-state index in [0.29, 0.717) is 0 Å². The van der Waals surface area contributed by atoms with Gasteiger partial charge < -0.3 is 0 Å². The van der Waals surface area contributed by atoms with Gasteiger partial charge in [-0.05, 0) is 17.3 Å². The zero-order valence-electron chi connectivity index (χ0n) is 5.65. The van der Waals surface area contributed by atoms with Crippen LogP contribution < -0.4 is 5.43 Å². The maximum absolute atomic E-state index is 4.69. The van der Waals surface area contributed by atoms with E-state index in [2.05, 4.69) is 17.6 Å². The molecule has 1 aliphatic rings. The fourth-order valence-corrected chi connectivity index (χ4v) is 1.34. The molecule has 0 saturated carbocycles. The van der Waals surface area contributed by atoms with Gasteiger partial charge in [0.15, 0.2) is 0 Å². The van der Waals surface area contributed by atoms with Crippen LogP contribution in [0.25, 0.3) is 0 Å². The number of hydrogen-bond acceptors (Lipinski definition) is 5. The van der Waals surface area contributed by atoms with Gasteiger partial charge in [-0.2, -0.15) is 0 Å². The lowest BCUT2D eigenvalue weighted by atomic mass is 10.9. The van der Waals surface area contributed by atoms with Gasteiger partial charge in [-0.15, -0.1) is 0 Å². The molecule has 0 aromatic carbocycles. The molecule has 0 atom stereocenters. The summed E-state index contributed by atoms with van der Waals surface area (Å²) in [5, 5.41) is 3.65. The second-order valence-electron chi connectivity index (χ2n) is 1.75. The summed E-state index contributed by atoms with van der Waals surface area (Å²) in [7, 11) is 1.97. The summed E-state index contributed by atoms with van der Waals surface area (Å²) in [4.78, 5) is 0. The number of nitrogens with one attached hydrogen (secondary N) is 1. The Bertz CT molecular complexity index is 148. The van der Waals surface area contributed by atoms with E-state index in [0.717, 1.165) is 5.75 Å². The standard InChI is InChI=1S/C5H9N3S2/c1-7-3-2-6-8(7)10-5-4-9/h2-4,6H,5H2,1H3. The zero-order valence-corrected chi connectivity index (χ0v) is 7.28. The van der Waals surface area contributed by atoms with Crippen LogP contribution in [0.1, 0.15) is 0 Å². The summed E-state index contributed by atoms with van der Waals surface area (Å²) in [6.07, 6.45) is 3.81. The summed E-state index contributed by atoms with van der Waals surface area (Å²) in [6.45, 7) is 0. The highest BCUT2D eigenvalue weighted by atomic mass is 32.2. The average Bonchev–Trinajstić information content (AvgIpc) is 2.31. The predicted molar refractivity (Wildman–Crippen MR) is 48.0 cm³/mol. The topological polar surface area (TPSA) is 18.5 Å².